The number of thiazole rings is 1. The average Bonchev–Trinajstić information content (AvgIpc) is 3.21. The van der Waals surface area contributed by atoms with Crippen molar-refractivity contribution in [3.05, 3.63) is 24.3 Å². The Bertz CT molecular complexity index is 866. The van der Waals surface area contributed by atoms with Crippen LogP contribution in [-0.2, 0) is 4.79 Å². The van der Waals surface area contributed by atoms with Gasteiger partial charge >= 0.3 is 6.03 Å². The number of carbonyl (C=O) groups excluding carboxylic acids is 2. The zero-order chi connectivity index (χ0) is 18.3. The third kappa shape index (κ3) is 3.06. The van der Waals surface area contributed by atoms with Crippen LogP contribution < -0.4 is 5.32 Å². The number of benzene rings is 1. The average molecular weight is 408 g/mol. The molecule has 0 spiro atoms. The van der Waals surface area contributed by atoms with E-state index in [0.717, 1.165) is 20.8 Å². The van der Waals surface area contributed by atoms with Gasteiger partial charge in [-0.2, -0.15) is 0 Å². The minimum Gasteiger partial charge on any atom is -0.335 e. The van der Waals surface area contributed by atoms with E-state index in [1.807, 2.05) is 29.4 Å². The number of urea groups is 1. The molecule has 0 saturated carbocycles. The Balaban J connectivity index is 1.45. The molecule has 10 heteroatoms. The number of aliphatic imine (C=N–C) groups is 1. The number of amidine groups is 1. The molecular formula is C16H17N5O2S3. The van der Waals surface area contributed by atoms with Gasteiger partial charge in [-0.05, 0) is 18.4 Å². The number of nitrogens with one attached hydrogen (secondary N) is 1. The van der Waals surface area contributed by atoms with Crippen LogP contribution in [0.3, 0.4) is 0 Å². The van der Waals surface area contributed by atoms with Gasteiger partial charge in [-0.1, -0.05) is 35.7 Å². The van der Waals surface area contributed by atoms with E-state index < -0.39 is 18.2 Å². The number of fused-ring (bicyclic) bond motifs is 2. The van der Waals surface area contributed by atoms with E-state index in [4.69, 9.17) is 0 Å². The summed E-state index contributed by atoms with van der Waals surface area (Å²) in [7, 11) is 1.67. The van der Waals surface area contributed by atoms with Crippen LogP contribution >= 0.6 is 34.9 Å². The summed E-state index contributed by atoms with van der Waals surface area (Å²) in [6, 6.07) is 7.22. The first-order chi connectivity index (χ1) is 12.6. The van der Waals surface area contributed by atoms with Crippen LogP contribution in [0.4, 0.5) is 4.79 Å². The van der Waals surface area contributed by atoms with Crippen molar-refractivity contribution in [2.24, 2.45) is 4.99 Å². The van der Waals surface area contributed by atoms with Crippen LogP contribution in [0.25, 0.3) is 10.2 Å². The molecule has 1 fully saturated rings. The number of rotatable bonds is 4. The molecule has 3 amide bonds. The number of aromatic nitrogens is 1. The molecule has 1 saturated heterocycles. The van der Waals surface area contributed by atoms with Crippen molar-refractivity contribution in [3.8, 4) is 0 Å². The summed E-state index contributed by atoms with van der Waals surface area (Å²) in [6.45, 7) is 0.664. The number of para-hydroxylation sites is 1. The van der Waals surface area contributed by atoms with Gasteiger partial charge in [-0.25, -0.2) is 14.8 Å². The molecule has 2 atom stereocenters. The number of thioether (sulfide) groups is 2. The van der Waals surface area contributed by atoms with E-state index in [1.54, 1.807) is 30.1 Å². The Kier molecular flexibility index (Phi) is 4.80. The molecule has 7 nitrogen and oxygen atoms in total. The fourth-order valence-corrected chi connectivity index (χ4v) is 5.78. The second-order valence-corrected chi connectivity index (χ2v) is 9.01. The normalized spacial score (nSPS) is 22.6. The van der Waals surface area contributed by atoms with Crippen LogP contribution in [0.15, 0.2) is 33.6 Å². The summed E-state index contributed by atoms with van der Waals surface area (Å²) >= 11 is 4.85. The Morgan fingerprint density at radius 3 is 2.88 bits per heavy atom. The second kappa shape index (κ2) is 7.09. The summed E-state index contributed by atoms with van der Waals surface area (Å²) in [6.07, 6.45) is 1.48. The van der Waals surface area contributed by atoms with Gasteiger partial charge in [0.05, 0.1) is 10.2 Å². The molecule has 26 heavy (non-hydrogen) atoms. The lowest BCUT2D eigenvalue weighted by Crippen LogP contribution is -2.63. The smallest absolute Gasteiger partial charge is 0.325 e. The summed E-state index contributed by atoms with van der Waals surface area (Å²) in [5.41, 5.74) is 1.01. The number of hydrogen-bond donors (Lipinski definition) is 1. The number of amides is 3. The third-order valence-electron chi connectivity index (χ3n) is 4.34. The molecule has 0 aliphatic carbocycles. The number of imide groups is 1. The predicted molar refractivity (Wildman–Crippen MR) is 107 cm³/mol. The molecule has 4 rings (SSSR count). The number of hydrogen-bond acceptors (Lipinski definition) is 8. The highest BCUT2D eigenvalue weighted by molar-refractivity contribution is 8.13. The van der Waals surface area contributed by atoms with Gasteiger partial charge in [0, 0.05) is 19.3 Å². The van der Waals surface area contributed by atoms with Crippen molar-refractivity contribution < 1.29 is 9.59 Å². The lowest BCUT2D eigenvalue weighted by atomic mass is 10.1. The molecule has 2 aromatic rings. The molecule has 3 heterocycles. The maximum absolute atomic E-state index is 12.4. The van der Waals surface area contributed by atoms with Crippen molar-refractivity contribution in [2.75, 3.05) is 25.6 Å². The Labute approximate surface area is 163 Å². The van der Waals surface area contributed by atoms with Crippen molar-refractivity contribution in [2.45, 2.75) is 16.5 Å². The molecule has 1 aromatic heterocycles. The van der Waals surface area contributed by atoms with E-state index in [2.05, 4.69) is 21.4 Å². The van der Waals surface area contributed by atoms with Crippen LogP contribution in [0.5, 0.6) is 0 Å². The van der Waals surface area contributed by atoms with Gasteiger partial charge in [-0.15, -0.1) is 11.3 Å². The topological polar surface area (TPSA) is 77.9 Å². The van der Waals surface area contributed by atoms with Crippen molar-refractivity contribution in [3.63, 3.8) is 0 Å². The lowest BCUT2D eigenvalue weighted by molar-refractivity contribution is -0.126. The monoisotopic (exact) mass is 407 g/mol. The molecule has 2 aliphatic heterocycles. The highest BCUT2D eigenvalue weighted by Gasteiger charge is 2.48. The third-order valence-corrected chi connectivity index (χ3v) is 7.20. The Morgan fingerprint density at radius 2 is 2.12 bits per heavy atom. The van der Waals surface area contributed by atoms with Crippen LogP contribution in [-0.4, -0.2) is 69.7 Å². The van der Waals surface area contributed by atoms with Gasteiger partial charge < -0.3 is 9.80 Å². The van der Waals surface area contributed by atoms with E-state index in [0.29, 0.717) is 6.54 Å². The van der Waals surface area contributed by atoms with Gasteiger partial charge in [-0.3, -0.25) is 10.1 Å². The summed E-state index contributed by atoms with van der Waals surface area (Å²) < 4.78 is 2.19. The minimum atomic E-state index is -0.462. The standard InChI is InChI=1S/C16H17N5O2S3/c1-20-12-11(13(22)19-14(20)23)21(15(18-12)24-2)7-8-25-16-17-9-5-3-4-6-10(9)26-16/h3-6,11-12H,7-8H2,1-2H3,(H,19,22,23). The highest BCUT2D eigenvalue weighted by atomic mass is 32.2. The van der Waals surface area contributed by atoms with Crippen molar-refractivity contribution >= 4 is 62.2 Å². The zero-order valence-electron chi connectivity index (χ0n) is 14.2. The first kappa shape index (κ1) is 17.6. The minimum absolute atomic E-state index is 0.282. The maximum Gasteiger partial charge on any atom is 0.325 e. The molecule has 1 aromatic carbocycles. The second-order valence-electron chi connectivity index (χ2n) is 5.87. The van der Waals surface area contributed by atoms with Gasteiger partial charge in [0.2, 0.25) is 0 Å². The highest BCUT2D eigenvalue weighted by Crippen LogP contribution is 2.31. The molecule has 1 N–H and O–H groups in total. The van der Waals surface area contributed by atoms with Crippen molar-refractivity contribution in [1.29, 1.82) is 0 Å². The first-order valence-electron chi connectivity index (χ1n) is 8.03. The fourth-order valence-electron chi connectivity index (χ4n) is 3.05. The molecular weight excluding hydrogens is 390 g/mol. The number of nitrogens with zero attached hydrogens (tertiary/aromatic N) is 4. The summed E-state index contributed by atoms with van der Waals surface area (Å²) in [4.78, 5) is 36.9. The van der Waals surface area contributed by atoms with Crippen LogP contribution in [0.2, 0.25) is 0 Å². The van der Waals surface area contributed by atoms with E-state index in [1.165, 1.54) is 21.4 Å². The molecule has 0 radical (unpaired) electrons. The Hall–Kier alpha value is -1.78. The van der Waals surface area contributed by atoms with Gasteiger partial charge in [0.15, 0.2) is 21.7 Å². The SMILES string of the molecule is CSC1=NC2C(C(=O)NC(=O)N2C)N1CCSc1nc2ccccc2s1. The molecule has 2 aliphatic rings. The van der Waals surface area contributed by atoms with Crippen LogP contribution in [0, 0.1) is 0 Å². The van der Waals surface area contributed by atoms with Gasteiger partial charge in [0.25, 0.3) is 5.91 Å². The summed E-state index contributed by atoms with van der Waals surface area (Å²) in [5, 5.41) is 3.20. The van der Waals surface area contributed by atoms with E-state index >= 15 is 0 Å². The molecule has 2 unspecified atom stereocenters. The predicted octanol–water partition coefficient (Wildman–Crippen LogP) is 2.30. The van der Waals surface area contributed by atoms with Crippen LogP contribution in [0.1, 0.15) is 0 Å². The first-order valence-corrected chi connectivity index (χ1v) is 11.1. The maximum atomic E-state index is 12.4. The largest absolute Gasteiger partial charge is 0.335 e. The summed E-state index contributed by atoms with van der Waals surface area (Å²) in [5.74, 6) is 0.504. The number of carbonyl (C=O) groups is 2. The zero-order valence-corrected chi connectivity index (χ0v) is 16.7. The lowest BCUT2D eigenvalue weighted by Gasteiger charge is -2.36. The quantitative estimate of drug-likeness (QED) is 0.784. The van der Waals surface area contributed by atoms with Crippen molar-refractivity contribution in [1.82, 2.24) is 20.1 Å². The molecule has 0 bridgehead atoms. The van der Waals surface area contributed by atoms with Gasteiger partial charge in [0.1, 0.15) is 0 Å². The number of likely N-dealkylation sites (N-methyl/N-ethyl adjacent to an activating group) is 1. The van der Waals surface area contributed by atoms with E-state index in [-0.39, 0.29) is 5.91 Å². The fraction of sp³-hybridized carbons (Fsp3) is 0.375. The molecule has 136 valence electrons. The van der Waals surface area contributed by atoms with E-state index in [9.17, 15) is 9.59 Å². The Morgan fingerprint density at radius 1 is 1.31 bits per heavy atom.